The van der Waals surface area contributed by atoms with Gasteiger partial charge in [-0.25, -0.2) is 22.4 Å². The second kappa shape index (κ2) is 7.91. The lowest BCUT2D eigenvalue weighted by Crippen LogP contribution is -2.32. The number of ketones is 1. The standard InChI is InChI=1S/C15H15F4NO4/c1-3-9(20-6(2)5-21)10(15(23)24)14(22)7-4-8(16)12(18)13(19)11(7)17/h4,6,20-21H,3,5H2,1-2H3,(H,23,24)/t6-/m1/s1. The Morgan fingerprint density at radius 3 is 2.21 bits per heavy atom. The minimum Gasteiger partial charge on any atom is -0.477 e. The van der Waals surface area contributed by atoms with Crippen LogP contribution in [0.1, 0.15) is 30.6 Å². The Labute approximate surface area is 134 Å². The molecule has 0 radical (unpaired) electrons. The fourth-order valence-electron chi connectivity index (χ4n) is 1.93. The number of carboxylic acids is 1. The highest BCUT2D eigenvalue weighted by Crippen LogP contribution is 2.23. The average molecular weight is 349 g/mol. The van der Waals surface area contributed by atoms with E-state index in [2.05, 4.69) is 5.32 Å². The van der Waals surface area contributed by atoms with Gasteiger partial charge < -0.3 is 15.5 Å². The molecule has 1 aromatic carbocycles. The summed E-state index contributed by atoms with van der Waals surface area (Å²) in [6.45, 7) is 2.57. The summed E-state index contributed by atoms with van der Waals surface area (Å²) in [5.74, 6) is -11.4. The van der Waals surface area contributed by atoms with E-state index in [0.717, 1.165) is 0 Å². The van der Waals surface area contributed by atoms with Crippen molar-refractivity contribution in [3.05, 3.63) is 46.2 Å². The van der Waals surface area contributed by atoms with Crippen molar-refractivity contribution in [3.63, 3.8) is 0 Å². The van der Waals surface area contributed by atoms with Crippen LogP contribution in [0.4, 0.5) is 17.6 Å². The molecule has 1 rings (SSSR count). The molecule has 9 heteroatoms. The van der Waals surface area contributed by atoms with Gasteiger partial charge in [0.1, 0.15) is 5.57 Å². The van der Waals surface area contributed by atoms with Crippen molar-refractivity contribution in [2.24, 2.45) is 0 Å². The molecule has 0 fully saturated rings. The molecule has 0 unspecified atom stereocenters. The van der Waals surface area contributed by atoms with E-state index in [1.54, 1.807) is 0 Å². The van der Waals surface area contributed by atoms with Crippen LogP contribution in [0.3, 0.4) is 0 Å². The summed E-state index contributed by atoms with van der Waals surface area (Å²) in [5, 5.41) is 20.7. The summed E-state index contributed by atoms with van der Waals surface area (Å²) in [6, 6.07) is -0.532. The number of benzene rings is 1. The van der Waals surface area contributed by atoms with Crippen molar-refractivity contribution in [2.45, 2.75) is 26.3 Å². The van der Waals surface area contributed by atoms with Gasteiger partial charge in [0.2, 0.25) is 5.78 Å². The third kappa shape index (κ3) is 3.91. The maximum atomic E-state index is 13.7. The first kappa shape index (κ1) is 19.6. The quantitative estimate of drug-likeness (QED) is 0.134. The highest BCUT2D eigenvalue weighted by molar-refractivity contribution is 6.24. The molecular weight excluding hydrogens is 334 g/mol. The second-order valence-electron chi connectivity index (χ2n) is 4.92. The number of rotatable bonds is 7. The third-order valence-corrected chi connectivity index (χ3v) is 3.14. The zero-order valence-electron chi connectivity index (χ0n) is 12.8. The van der Waals surface area contributed by atoms with Crippen LogP contribution in [0.25, 0.3) is 0 Å². The highest BCUT2D eigenvalue weighted by atomic mass is 19.2. The molecule has 0 aliphatic carbocycles. The van der Waals surface area contributed by atoms with Crippen LogP contribution >= 0.6 is 0 Å². The van der Waals surface area contributed by atoms with Gasteiger partial charge in [0.05, 0.1) is 12.2 Å². The molecule has 1 aromatic rings. The Morgan fingerprint density at radius 2 is 1.75 bits per heavy atom. The molecule has 24 heavy (non-hydrogen) atoms. The molecule has 0 saturated carbocycles. The minimum absolute atomic E-state index is 0.0223. The molecule has 0 aliphatic heterocycles. The minimum atomic E-state index is -2.21. The fraction of sp³-hybridized carbons (Fsp3) is 0.333. The molecule has 3 N–H and O–H groups in total. The van der Waals surface area contributed by atoms with E-state index in [0.29, 0.717) is 0 Å². The van der Waals surface area contributed by atoms with Gasteiger partial charge in [-0.2, -0.15) is 0 Å². The molecule has 0 spiro atoms. The predicted octanol–water partition coefficient (Wildman–Crippen LogP) is 2.14. The van der Waals surface area contributed by atoms with Crippen LogP contribution in [0.2, 0.25) is 0 Å². The number of aliphatic hydroxyl groups excluding tert-OH is 1. The van der Waals surface area contributed by atoms with E-state index in [1.807, 2.05) is 0 Å². The first-order valence-electron chi connectivity index (χ1n) is 6.87. The van der Waals surface area contributed by atoms with Gasteiger partial charge in [-0.1, -0.05) is 6.92 Å². The summed E-state index contributed by atoms with van der Waals surface area (Å²) in [7, 11) is 0. The number of hydrogen-bond acceptors (Lipinski definition) is 4. The van der Waals surface area contributed by atoms with Crippen molar-refractivity contribution in [1.29, 1.82) is 0 Å². The van der Waals surface area contributed by atoms with E-state index in [1.165, 1.54) is 13.8 Å². The molecule has 0 amide bonds. The van der Waals surface area contributed by atoms with Crippen LogP contribution in [0, 0.1) is 23.3 Å². The lowest BCUT2D eigenvalue weighted by Gasteiger charge is -2.17. The van der Waals surface area contributed by atoms with Crippen LogP contribution in [0.5, 0.6) is 0 Å². The SMILES string of the molecule is CCC(N[C@H](C)CO)=C(C(=O)O)C(=O)c1cc(F)c(F)c(F)c1F. The van der Waals surface area contributed by atoms with Crippen molar-refractivity contribution >= 4 is 11.8 Å². The molecule has 132 valence electrons. The normalized spacial score (nSPS) is 13.3. The Kier molecular flexibility index (Phi) is 6.47. The summed E-state index contributed by atoms with van der Waals surface area (Å²) in [4.78, 5) is 23.6. The number of halogens is 4. The number of nitrogens with one attached hydrogen (secondary N) is 1. The van der Waals surface area contributed by atoms with Crippen molar-refractivity contribution in [1.82, 2.24) is 5.32 Å². The Morgan fingerprint density at radius 1 is 1.17 bits per heavy atom. The van der Waals surface area contributed by atoms with Crippen LogP contribution < -0.4 is 5.32 Å². The monoisotopic (exact) mass is 349 g/mol. The van der Waals surface area contributed by atoms with Gasteiger partial charge in [-0.05, 0) is 19.4 Å². The van der Waals surface area contributed by atoms with Gasteiger partial charge in [0.25, 0.3) is 0 Å². The lowest BCUT2D eigenvalue weighted by molar-refractivity contribution is -0.132. The zero-order valence-corrected chi connectivity index (χ0v) is 12.8. The maximum Gasteiger partial charge on any atom is 0.341 e. The number of aliphatic hydroxyl groups is 1. The number of allylic oxidation sites excluding steroid dienone is 1. The van der Waals surface area contributed by atoms with Gasteiger partial charge in [-0.3, -0.25) is 4.79 Å². The first-order valence-corrected chi connectivity index (χ1v) is 6.87. The Balaban J connectivity index is 3.53. The molecule has 1 atom stereocenters. The zero-order chi connectivity index (χ0) is 18.6. The predicted molar refractivity (Wildman–Crippen MR) is 75.2 cm³/mol. The van der Waals surface area contributed by atoms with E-state index in [9.17, 15) is 32.3 Å². The van der Waals surface area contributed by atoms with E-state index < -0.39 is 58.8 Å². The topological polar surface area (TPSA) is 86.6 Å². The van der Waals surface area contributed by atoms with Gasteiger partial charge >= 0.3 is 5.97 Å². The largest absolute Gasteiger partial charge is 0.477 e. The number of carbonyl (C=O) groups excluding carboxylic acids is 1. The van der Waals surface area contributed by atoms with Crippen molar-refractivity contribution in [3.8, 4) is 0 Å². The molecule has 0 aliphatic rings. The molecule has 0 aromatic heterocycles. The fourth-order valence-corrected chi connectivity index (χ4v) is 1.93. The van der Waals surface area contributed by atoms with Crippen molar-refractivity contribution in [2.75, 3.05) is 6.61 Å². The van der Waals surface area contributed by atoms with E-state index in [-0.39, 0.29) is 18.2 Å². The molecule has 0 saturated heterocycles. The van der Waals surface area contributed by atoms with E-state index >= 15 is 0 Å². The lowest BCUT2D eigenvalue weighted by atomic mass is 9.99. The Hall–Kier alpha value is -2.42. The highest BCUT2D eigenvalue weighted by Gasteiger charge is 2.30. The number of carbonyl (C=O) groups is 2. The Bertz CT molecular complexity index is 703. The molecule has 0 heterocycles. The van der Waals surface area contributed by atoms with E-state index in [4.69, 9.17) is 5.11 Å². The van der Waals surface area contributed by atoms with Crippen molar-refractivity contribution < 1.29 is 37.4 Å². The number of Topliss-reactive ketones (excluding diaryl/α,β-unsaturated/α-hetero) is 1. The molecule has 5 nitrogen and oxygen atoms in total. The summed E-state index contributed by atoms with van der Waals surface area (Å²) in [6.07, 6.45) is -0.0223. The van der Waals surface area contributed by atoms with Crippen LogP contribution in [0.15, 0.2) is 17.3 Å². The maximum absolute atomic E-state index is 13.7. The summed E-state index contributed by atoms with van der Waals surface area (Å²) in [5.41, 5.74) is -2.37. The molecule has 0 bridgehead atoms. The molecular formula is C15H15F4NO4. The van der Waals surface area contributed by atoms with Gasteiger partial charge in [-0.15, -0.1) is 0 Å². The average Bonchev–Trinajstić information content (AvgIpc) is 2.54. The smallest absolute Gasteiger partial charge is 0.341 e. The second-order valence-corrected chi connectivity index (χ2v) is 4.92. The van der Waals surface area contributed by atoms with Crippen LogP contribution in [-0.4, -0.2) is 34.6 Å². The van der Waals surface area contributed by atoms with Gasteiger partial charge in [0.15, 0.2) is 23.3 Å². The third-order valence-electron chi connectivity index (χ3n) is 3.14. The summed E-state index contributed by atoms with van der Waals surface area (Å²) < 4.78 is 53.2. The number of aliphatic carboxylic acids is 1. The summed E-state index contributed by atoms with van der Waals surface area (Å²) >= 11 is 0. The van der Waals surface area contributed by atoms with Crippen LogP contribution in [-0.2, 0) is 4.79 Å². The van der Waals surface area contributed by atoms with Gasteiger partial charge in [0, 0.05) is 11.7 Å². The first-order chi connectivity index (χ1) is 11.1. The number of hydrogen-bond donors (Lipinski definition) is 3. The number of carboxylic acid groups (broad SMARTS) is 1.